The molecule has 0 fully saturated rings. The fourth-order valence-corrected chi connectivity index (χ4v) is 9.17. The molecule has 4 aromatic heterocycles. The molecular weight excluding hydrogens is 557 g/mol. The normalized spacial score (nSPS) is 18.5. The number of furan rings is 1. The lowest BCUT2D eigenvalue weighted by molar-refractivity contribution is -0.746. The van der Waals surface area contributed by atoms with Crippen LogP contribution in [-0.4, -0.2) is 0 Å². The predicted molar refractivity (Wildman–Crippen MR) is 180 cm³/mol. The summed E-state index contributed by atoms with van der Waals surface area (Å²) in [6.07, 6.45) is 7.66. The highest BCUT2D eigenvalue weighted by Gasteiger charge is 2.53. The average molecular weight is 591 g/mol. The molecule has 9 rings (SSSR count). The molecule has 2 aliphatic heterocycles. The number of nitrogens with zero attached hydrogens (tertiary/aromatic N) is 2. The van der Waals surface area contributed by atoms with Crippen LogP contribution < -0.4 is 9.13 Å². The van der Waals surface area contributed by atoms with Crippen molar-refractivity contribution in [2.24, 2.45) is 0 Å². The first-order valence-corrected chi connectivity index (χ1v) is 16.5. The van der Waals surface area contributed by atoms with Gasteiger partial charge in [0.25, 0.3) is 0 Å². The van der Waals surface area contributed by atoms with E-state index in [4.69, 9.17) is 4.42 Å². The monoisotopic (exact) mass is 590 g/mol. The number of allylic oxidation sites excluding steroid dienone is 1. The summed E-state index contributed by atoms with van der Waals surface area (Å²) in [4.78, 5) is 0. The van der Waals surface area contributed by atoms with Crippen LogP contribution >= 0.6 is 11.3 Å². The van der Waals surface area contributed by atoms with E-state index in [-0.39, 0.29) is 18.0 Å². The van der Waals surface area contributed by atoms with Crippen molar-refractivity contribution < 1.29 is 13.6 Å². The maximum Gasteiger partial charge on any atom is 0.217 e. The highest BCUT2D eigenvalue weighted by Crippen LogP contribution is 2.53. The van der Waals surface area contributed by atoms with E-state index in [2.05, 4.69) is 139 Å². The van der Waals surface area contributed by atoms with Crippen LogP contribution in [0.2, 0.25) is 0 Å². The lowest BCUT2D eigenvalue weighted by atomic mass is 9.75. The Kier molecular flexibility index (Phi) is 5.58. The quantitative estimate of drug-likeness (QED) is 0.148. The van der Waals surface area contributed by atoms with Crippen LogP contribution in [0.3, 0.4) is 0 Å². The van der Waals surface area contributed by atoms with E-state index in [1.807, 2.05) is 0 Å². The second-order valence-corrected chi connectivity index (χ2v) is 13.7. The van der Waals surface area contributed by atoms with Gasteiger partial charge in [0.05, 0.1) is 15.8 Å². The minimum atomic E-state index is 0.103. The van der Waals surface area contributed by atoms with Crippen molar-refractivity contribution in [2.45, 2.75) is 51.1 Å². The first kappa shape index (κ1) is 25.9. The largest absolute Gasteiger partial charge is 0.454 e. The first-order chi connectivity index (χ1) is 21.5. The summed E-state index contributed by atoms with van der Waals surface area (Å²) in [7, 11) is 0. The maximum absolute atomic E-state index is 6.97. The number of aryl methyl sites for hydroxylation is 1. The highest BCUT2D eigenvalue weighted by atomic mass is 32.1. The molecule has 6 heterocycles. The number of aromatic nitrogens is 2. The summed E-state index contributed by atoms with van der Waals surface area (Å²) < 4.78 is 13.3. The molecule has 2 aliphatic rings. The van der Waals surface area contributed by atoms with E-state index in [1.54, 1.807) is 11.3 Å². The Bertz CT molecular complexity index is 2300. The molecule has 7 aromatic rings. The molecular formula is C40H34N2OS+2. The summed E-state index contributed by atoms with van der Waals surface area (Å²) in [5.41, 5.74) is 12.6. The van der Waals surface area contributed by atoms with Crippen LogP contribution in [-0.2, 0) is 0 Å². The van der Waals surface area contributed by atoms with Gasteiger partial charge >= 0.3 is 0 Å². The van der Waals surface area contributed by atoms with Crippen molar-refractivity contribution in [1.82, 2.24) is 0 Å². The first-order valence-electron chi connectivity index (χ1n) is 15.7. The molecule has 0 N–H and O–H groups in total. The fourth-order valence-electron chi connectivity index (χ4n) is 8.29. The van der Waals surface area contributed by atoms with E-state index < -0.39 is 0 Å². The molecule has 0 spiro atoms. The topological polar surface area (TPSA) is 20.9 Å². The van der Waals surface area contributed by atoms with Gasteiger partial charge in [-0.05, 0) is 65.1 Å². The van der Waals surface area contributed by atoms with E-state index in [9.17, 15) is 0 Å². The number of hydrogen-bond donors (Lipinski definition) is 0. The smallest absolute Gasteiger partial charge is 0.217 e. The van der Waals surface area contributed by atoms with E-state index in [0.717, 1.165) is 17.6 Å². The third-order valence-corrected chi connectivity index (χ3v) is 11.1. The third kappa shape index (κ3) is 3.43. The second kappa shape index (κ2) is 9.48. The Morgan fingerprint density at radius 2 is 1.70 bits per heavy atom. The summed E-state index contributed by atoms with van der Waals surface area (Å²) in [6.45, 7) is 11.1. The van der Waals surface area contributed by atoms with Crippen LogP contribution in [0.4, 0.5) is 0 Å². The molecule has 3 unspecified atom stereocenters. The third-order valence-electron chi connectivity index (χ3n) is 10.1. The van der Waals surface area contributed by atoms with Gasteiger partial charge in [-0.15, -0.1) is 17.9 Å². The maximum atomic E-state index is 6.97. The highest BCUT2D eigenvalue weighted by molar-refractivity contribution is 7.18. The summed E-state index contributed by atoms with van der Waals surface area (Å²) in [6, 6.07) is 29.7. The van der Waals surface area contributed by atoms with Crippen LogP contribution in [0.15, 0.2) is 114 Å². The molecule has 0 amide bonds. The summed E-state index contributed by atoms with van der Waals surface area (Å²) in [5.74, 6) is 0.625. The standard InChI is InChI=1S/C40H34N2OS/c1-5-10-33-35(27-12-7-6-11-26(27)32-13-8-9-19-41(32)33)37-30-17-16-28-29-15-14-25-18-20-44-40(25)39(29)43-38(28)36(30)34-21-31(23(2)3)24(4)22-42(34)37/h5-9,11-23,33,35,37H,1,10H2,2-4H3/q+2. The Morgan fingerprint density at radius 3 is 2.57 bits per heavy atom. The van der Waals surface area contributed by atoms with Crippen molar-refractivity contribution in [3.63, 3.8) is 0 Å². The molecule has 0 saturated heterocycles. The number of pyridine rings is 2. The van der Waals surface area contributed by atoms with Crippen molar-refractivity contribution in [3.8, 4) is 22.5 Å². The Balaban J connectivity index is 1.38. The van der Waals surface area contributed by atoms with Crippen LogP contribution in [0, 0.1) is 6.92 Å². The number of rotatable bonds is 4. The Morgan fingerprint density at radius 1 is 0.886 bits per heavy atom. The van der Waals surface area contributed by atoms with Gasteiger partial charge in [0.1, 0.15) is 11.5 Å². The fraction of sp³-hybridized carbons (Fsp3) is 0.200. The number of fused-ring (bicyclic) bond motifs is 12. The van der Waals surface area contributed by atoms with Crippen molar-refractivity contribution >= 4 is 43.4 Å². The molecule has 0 radical (unpaired) electrons. The molecule has 44 heavy (non-hydrogen) atoms. The van der Waals surface area contributed by atoms with Gasteiger partial charge in [-0.1, -0.05) is 50.3 Å². The van der Waals surface area contributed by atoms with Gasteiger partial charge in [0.15, 0.2) is 30.1 Å². The van der Waals surface area contributed by atoms with Gasteiger partial charge in [-0.3, -0.25) is 0 Å². The van der Waals surface area contributed by atoms with Crippen LogP contribution in [0.1, 0.15) is 66.4 Å². The minimum absolute atomic E-state index is 0.103. The lowest BCUT2D eigenvalue weighted by Crippen LogP contribution is -2.53. The van der Waals surface area contributed by atoms with E-state index in [1.165, 1.54) is 65.6 Å². The number of thiophene rings is 1. The van der Waals surface area contributed by atoms with Gasteiger partial charge in [0, 0.05) is 46.5 Å². The molecule has 3 nitrogen and oxygen atoms in total. The summed E-state index contributed by atoms with van der Waals surface area (Å²) >= 11 is 1.76. The second-order valence-electron chi connectivity index (χ2n) is 12.8. The molecule has 0 saturated carbocycles. The van der Waals surface area contributed by atoms with Crippen LogP contribution in [0.25, 0.3) is 54.5 Å². The number of hydrogen-bond acceptors (Lipinski definition) is 2. The SMILES string of the molecule is C=CCC1C(C2c3ccc4c(oc5c4ccc4ccsc45)c3-c3cc(C(C)C)c(C)c[n+]32)c2ccccc2-c2cccc[n+]21. The van der Waals surface area contributed by atoms with Crippen molar-refractivity contribution in [3.05, 3.63) is 132 Å². The molecule has 3 atom stereocenters. The van der Waals surface area contributed by atoms with Gasteiger partial charge in [0.2, 0.25) is 11.4 Å². The Hall–Kier alpha value is -4.54. The molecule has 214 valence electrons. The van der Waals surface area contributed by atoms with Gasteiger partial charge in [-0.25, -0.2) is 0 Å². The van der Waals surface area contributed by atoms with Crippen molar-refractivity contribution in [2.75, 3.05) is 0 Å². The molecule has 3 aromatic carbocycles. The molecule has 0 aliphatic carbocycles. The van der Waals surface area contributed by atoms with E-state index in [0.29, 0.717) is 5.92 Å². The van der Waals surface area contributed by atoms with Crippen LogP contribution in [0.5, 0.6) is 0 Å². The van der Waals surface area contributed by atoms with Gasteiger partial charge in [-0.2, -0.15) is 9.13 Å². The lowest BCUT2D eigenvalue weighted by Gasteiger charge is -2.32. The summed E-state index contributed by atoms with van der Waals surface area (Å²) in [5, 5.41) is 5.79. The average Bonchev–Trinajstić information content (AvgIpc) is 3.74. The molecule has 4 heteroatoms. The predicted octanol–water partition coefficient (Wildman–Crippen LogP) is 9.96. The van der Waals surface area contributed by atoms with Crippen molar-refractivity contribution in [1.29, 1.82) is 0 Å². The zero-order chi connectivity index (χ0) is 29.7. The molecule has 0 bridgehead atoms. The van der Waals surface area contributed by atoms with Gasteiger partial charge < -0.3 is 4.42 Å². The Labute approximate surface area is 261 Å². The minimum Gasteiger partial charge on any atom is -0.454 e. The number of benzene rings is 3. The zero-order valence-corrected chi connectivity index (χ0v) is 26.1. The van der Waals surface area contributed by atoms with E-state index >= 15 is 0 Å². The zero-order valence-electron chi connectivity index (χ0n) is 25.2.